The number of aromatic nitrogens is 2. The van der Waals surface area contributed by atoms with Crippen molar-refractivity contribution >= 4 is 27.4 Å². The first kappa shape index (κ1) is 12.8. The lowest BCUT2D eigenvalue weighted by atomic mass is 9.87. The number of fused-ring (bicyclic) bond motifs is 1. The maximum atomic E-state index is 9.42. The van der Waals surface area contributed by atoms with Crippen LogP contribution in [0.4, 0.5) is 5.82 Å². The number of nitrogens with zero attached hydrogens (tertiary/aromatic N) is 2. The molecule has 2 aromatic heterocycles. The van der Waals surface area contributed by atoms with Crippen LogP contribution in [0.5, 0.6) is 0 Å². The summed E-state index contributed by atoms with van der Waals surface area (Å²) in [6.07, 6.45) is 2.60. The summed E-state index contributed by atoms with van der Waals surface area (Å²) in [6, 6.07) is 2.14. The number of aryl methyl sites for hydroxylation is 1. The lowest BCUT2D eigenvalue weighted by Gasteiger charge is -2.39. The highest BCUT2D eigenvalue weighted by atomic mass is 32.1. The number of aliphatic hydroxyl groups excluding tert-OH is 1. The van der Waals surface area contributed by atoms with Crippen LogP contribution in [0.1, 0.15) is 11.8 Å². The van der Waals surface area contributed by atoms with Gasteiger partial charge in [-0.3, -0.25) is 0 Å². The van der Waals surface area contributed by atoms with Gasteiger partial charge >= 0.3 is 0 Å². The van der Waals surface area contributed by atoms with Crippen LogP contribution in [0.15, 0.2) is 12.4 Å². The zero-order chi connectivity index (χ0) is 13.3. The second kappa shape index (κ2) is 5.03. The molecule has 1 fully saturated rings. The molecular weight excluding hydrogens is 262 g/mol. The van der Waals surface area contributed by atoms with Crippen molar-refractivity contribution in [2.75, 3.05) is 31.7 Å². The van der Waals surface area contributed by atoms with Gasteiger partial charge in [0.1, 0.15) is 17.0 Å². The van der Waals surface area contributed by atoms with E-state index in [4.69, 9.17) is 4.74 Å². The van der Waals surface area contributed by atoms with Crippen LogP contribution in [-0.4, -0.2) is 41.4 Å². The highest BCUT2D eigenvalue weighted by Crippen LogP contribution is 2.31. The van der Waals surface area contributed by atoms with Gasteiger partial charge in [-0.05, 0) is 12.5 Å². The third-order valence-electron chi connectivity index (χ3n) is 3.51. The SMILES string of the molecule is CCc1cc2c(NCC3(CO)COC3)ncnc2s1. The molecule has 6 heteroatoms. The largest absolute Gasteiger partial charge is 0.396 e. The molecule has 1 saturated heterocycles. The van der Waals surface area contributed by atoms with E-state index in [1.807, 2.05) is 0 Å². The maximum Gasteiger partial charge on any atom is 0.138 e. The van der Waals surface area contributed by atoms with Crippen LogP contribution in [0.3, 0.4) is 0 Å². The number of aliphatic hydroxyl groups is 1. The summed E-state index contributed by atoms with van der Waals surface area (Å²) in [7, 11) is 0. The van der Waals surface area contributed by atoms with Crippen molar-refractivity contribution in [3.63, 3.8) is 0 Å². The van der Waals surface area contributed by atoms with Gasteiger partial charge in [0.2, 0.25) is 0 Å². The standard InChI is InChI=1S/C13H17N3O2S/c1-2-9-3-10-11(15-8-16-12(10)19-9)14-4-13(5-17)6-18-7-13/h3,8,17H,2,4-7H2,1H3,(H,14,15,16). The van der Waals surface area contributed by atoms with Crippen molar-refractivity contribution in [3.8, 4) is 0 Å². The Bertz CT molecular complexity index is 575. The van der Waals surface area contributed by atoms with Crippen LogP contribution >= 0.6 is 11.3 Å². The van der Waals surface area contributed by atoms with Gasteiger partial charge in [-0.15, -0.1) is 11.3 Å². The Hall–Kier alpha value is -1.24. The molecule has 19 heavy (non-hydrogen) atoms. The predicted molar refractivity (Wildman–Crippen MR) is 75.6 cm³/mol. The van der Waals surface area contributed by atoms with Gasteiger partial charge in [0, 0.05) is 11.4 Å². The first-order valence-corrected chi connectivity index (χ1v) is 7.24. The molecule has 0 saturated carbocycles. The smallest absolute Gasteiger partial charge is 0.138 e. The van der Waals surface area contributed by atoms with Gasteiger partial charge in [-0.25, -0.2) is 9.97 Å². The van der Waals surface area contributed by atoms with Crippen molar-refractivity contribution in [1.82, 2.24) is 9.97 Å². The van der Waals surface area contributed by atoms with E-state index in [9.17, 15) is 5.11 Å². The summed E-state index contributed by atoms with van der Waals surface area (Å²) < 4.78 is 5.20. The molecule has 0 radical (unpaired) electrons. The summed E-state index contributed by atoms with van der Waals surface area (Å²) in [5, 5.41) is 13.8. The molecule has 1 aliphatic heterocycles. The zero-order valence-corrected chi connectivity index (χ0v) is 11.7. The second-order valence-electron chi connectivity index (χ2n) is 5.01. The van der Waals surface area contributed by atoms with E-state index in [1.54, 1.807) is 17.7 Å². The fourth-order valence-electron chi connectivity index (χ4n) is 2.13. The number of hydrogen-bond donors (Lipinski definition) is 2. The number of hydrogen-bond acceptors (Lipinski definition) is 6. The summed E-state index contributed by atoms with van der Waals surface area (Å²) in [5.41, 5.74) is -0.152. The van der Waals surface area contributed by atoms with Crippen LogP contribution in [-0.2, 0) is 11.2 Å². The number of nitrogens with one attached hydrogen (secondary N) is 1. The average Bonchev–Trinajstić information content (AvgIpc) is 2.81. The first-order valence-electron chi connectivity index (χ1n) is 6.42. The third-order valence-corrected chi connectivity index (χ3v) is 4.70. The molecule has 0 atom stereocenters. The van der Waals surface area contributed by atoms with E-state index in [-0.39, 0.29) is 12.0 Å². The normalized spacial score (nSPS) is 17.4. The van der Waals surface area contributed by atoms with Crippen molar-refractivity contribution in [2.45, 2.75) is 13.3 Å². The number of ether oxygens (including phenoxy) is 1. The molecule has 0 bridgehead atoms. The van der Waals surface area contributed by atoms with Crippen LogP contribution < -0.4 is 5.32 Å². The molecule has 5 nitrogen and oxygen atoms in total. The van der Waals surface area contributed by atoms with E-state index in [0.29, 0.717) is 19.8 Å². The Morgan fingerprint density at radius 3 is 2.95 bits per heavy atom. The lowest BCUT2D eigenvalue weighted by molar-refractivity contribution is -0.128. The Balaban J connectivity index is 1.82. The highest BCUT2D eigenvalue weighted by molar-refractivity contribution is 7.18. The molecule has 2 N–H and O–H groups in total. The average molecular weight is 279 g/mol. The van der Waals surface area contributed by atoms with E-state index >= 15 is 0 Å². The molecule has 3 heterocycles. The van der Waals surface area contributed by atoms with Crippen molar-refractivity contribution < 1.29 is 9.84 Å². The molecule has 0 amide bonds. The van der Waals surface area contributed by atoms with E-state index in [0.717, 1.165) is 22.5 Å². The summed E-state index contributed by atoms with van der Waals surface area (Å²) in [6.45, 7) is 4.16. The van der Waals surface area contributed by atoms with Crippen LogP contribution in [0.25, 0.3) is 10.2 Å². The predicted octanol–water partition coefficient (Wildman–Crippen LogP) is 1.67. The maximum absolute atomic E-state index is 9.42. The topological polar surface area (TPSA) is 67.3 Å². The fourth-order valence-corrected chi connectivity index (χ4v) is 3.07. The van der Waals surface area contributed by atoms with Gasteiger partial charge < -0.3 is 15.2 Å². The second-order valence-corrected chi connectivity index (χ2v) is 6.13. The molecular formula is C13H17N3O2S. The number of thiophene rings is 1. The Labute approximate surface area is 115 Å². The first-order chi connectivity index (χ1) is 9.26. The third kappa shape index (κ3) is 2.31. The molecule has 102 valence electrons. The quantitative estimate of drug-likeness (QED) is 0.871. The zero-order valence-electron chi connectivity index (χ0n) is 10.8. The Morgan fingerprint density at radius 1 is 1.47 bits per heavy atom. The van der Waals surface area contributed by atoms with Gasteiger partial charge in [-0.2, -0.15) is 0 Å². The molecule has 0 aliphatic carbocycles. The molecule has 2 aromatic rings. The monoisotopic (exact) mass is 279 g/mol. The van der Waals surface area contributed by atoms with Gasteiger partial charge in [0.05, 0.1) is 30.6 Å². The molecule has 0 aromatic carbocycles. The van der Waals surface area contributed by atoms with Crippen molar-refractivity contribution in [2.24, 2.45) is 5.41 Å². The van der Waals surface area contributed by atoms with Crippen molar-refractivity contribution in [1.29, 1.82) is 0 Å². The highest BCUT2D eigenvalue weighted by Gasteiger charge is 2.38. The molecule has 1 aliphatic rings. The Morgan fingerprint density at radius 2 is 2.32 bits per heavy atom. The Kier molecular flexibility index (Phi) is 3.38. The minimum atomic E-state index is -0.152. The number of rotatable bonds is 5. The lowest BCUT2D eigenvalue weighted by Crippen LogP contribution is -2.50. The minimum absolute atomic E-state index is 0.137. The van der Waals surface area contributed by atoms with Gasteiger partial charge in [0.15, 0.2) is 0 Å². The van der Waals surface area contributed by atoms with E-state index in [2.05, 4.69) is 28.3 Å². The summed E-state index contributed by atoms with van der Waals surface area (Å²) in [4.78, 5) is 10.9. The fraction of sp³-hybridized carbons (Fsp3) is 0.538. The molecule has 0 spiro atoms. The van der Waals surface area contributed by atoms with Crippen LogP contribution in [0, 0.1) is 5.41 Å². The van der Waals surface area contributed by atoms with Gasteiger partial charge in [0.25, 0.3) is 0 Å². The van der Waals surface area contributed by atoms with Gasteiger partial charge in [-0.1, -0.05) is 6.92 Å². The van der Waals surface area contributed by atoms with E-state index in [1.165, 1.54) is 4.88 Å². The van der Waals surface area contributed by atoms with Crippen molar-refractivity contribution in [3.05, 3.63) is 17.3 Å². The minimum Gasteiger partial charge on any atom is -0.396 e. The van der Waals surface area contributed by atoms with Crippen LogP contribution in [0.2, 0.25) is 0 Å². The number of anilines is 1. The summed E-state index contributed by atoms with van der Waals surface area (Å²) in [5.74, 6) is 0.848. The molecule has 3 rings (SSSR count). The molecule has 0 unspecified atom stereocenters. The van der Waals surface area contributed by atoms with E-state index < -0.39 is 0 Å². The summed E-state index contributed by atoms with van der Waals surface area (Å²) >= 11 is 1.71.